The Hall–Kier alpha value is -0.0400. The molecule has 0 aromatic heterocycles. The van der Waals surface area contributed by atoms with E-state index in [0.29, 0.717) is 0 Å². The van der Waals surface area contributed by atoms with Gasteiger partial charge in [0.15, 0.2) is 0 Å². The molecule has 1 heteroatoms. The minimum atomic E-state index is 0.836. The molecule has 0 spiro atoms. The van der Waals surface area contributed by atoms with Crippen LogP contribution < -0.4 is 5.32 Å². The second kappa shape index (κ2) is 6.78. The predicted octanol–water partition coefficient (Wildman–Crippen LogP) is 4.37. The van der Waals surface area contributed by atoms with E-state index in [1.54, 1.807) is 0 Å². The zero-order valence-electron chi connectivity index (χ0n) is 11.9. The largest absolute Gasteiger partial charge is 0.313 e. The van der Waals surface area contributed by atoms with E-state index < -0.39 is 0 Å². The van der Waals surface area contributed by atoms with Gasteiger partial charge in [0.05, 0.1) is 0 Å². The van der Waals surface area contributed by atoms with Crippen LogP contribution in [-0.2, 0) is 0 Å². The fraction of sp³-hybridized carbons (Fsp3) is 1.00. The van der Waals surface area contributed by atoms with Crippen LogP contribution >= 0.6 is 0 Å². The molecule has 0 heterocycles. The summed E-state index contributed by atoms with van der Waals surface area (Å²) in [6, 6.07) is 0.836. The second-order valence-corrected chi connectivity index (χ2v) is 6.49. The van der Waals surface area contributed by atoms with Crippen molar-refractivity contribution in [2.24, 2.45) is 17.8 Å². The van der Waals surface area contributed by atoms with Gasteiger partial charge in [-0.05, 0) is 43.6 Å². The van der Waals surface area contributed by atoms with Gasteiger partial charge in [-0.15, -0.1) is 0 Å². The van der Waals surface area contributed by atoms with Gasteiger partial charge in [0.25, 0.3) is 0 Å². The van der Waals surface area contributed by atoms with E-state index in [1.807, 2.05) is 0 Å². The fourth-order valence-corrected chi connectivity index (χ4v) is 3.96. The Kier molecular flexibility index (Phi) is 5.34. The van der Waals surface area contributed by atoms with E-state index in [1.165, 1.54) is 64.3 Å². The molecule has 1 nitrogen and oxygen atoms in total. The first-order chi connectivity index (χ1) is 8.31. The summed E-state index contributed by atoms with van der Waals surface area (Å²) >= 11 is 0. The van der Waals surface area contributed by atoms with Crippen LogP contribution in [0.1, 0.15) is 71.6 Å². The molecule has 0 aliphatic heterocycles. The zero-order valence-corrected chi connectivity index (χ0v) is 11.9. The second-order valence-electron chi connectivity index (χ2n) is 6.49. The molecule has 0 radical (unpaired) electrons. The van der Waals surface area contributed by atoms with Crippen molar-refractivity contribution in [2.45, 2.75) is 77.7 Å². The average molecular weight is 237 g/mol. The van der Waals surface area contributed by atoms with Crippen LogP contribution in [-0.4, -0.2) is 12.6 Å². The Balaban J connectivity index is 1.75. The number of hydrogen-bond donors (Lipinski definition) is 1. The van der Waals surface area contributed by atoms with Gasteiger partial charge in [-0.3, -0.25) is 0 Å². The highest BCUT2D eigenvalue weighted by atomic mass is 14.9. The molecule has 17 heavy (non-hydrogen) atoms. The smallest absolute Gasteiger partial charge is 0.00953 e. The highest BCUT2D eigenvalue weighted by Crippen LogP contribution is 2.31. The molecule has 0 amide bonds. The van der Waals surface area contributed by atoms with Crippen molar-refractivity contribution in [1.82, 2.24) is 5.32 Å². The van der Waals surface area contributed by atoms with E-state index in [9.17, 15) is 0 Å². The lowest BCUT2D eigenvalue weighted by molar-refractivity contribution is 0.203. The van der Waals surface area contributed by atoms with Gasteiger partial charge in [0.1, 0.15) is 0 Å². The highest BCUT2D eigenvalue weighted by molar-refractivity contribution is 4.82. The number of nitrogens with one attached hydrogen (secondary N) is 1. The first kappa shape index (κ1) is 13.4. The predicted molar refractivity (Wildman–Crippen MR) is 75.2 cm³/mol. The Bertz CT molecular complexity index is 214. The molecule has 2 saturated carbocycles. The first-order valence-electron chi connectivity index (χ1n) is 8.04. The lowest BCUT2D eigenvalue weighted by Gasteiger charge is -2.35. The van der Waals surface area contributed by atoms with Gasteiger partial charge >= 0.3 is 0 Å². The van der Waals surface area contributed by atoms with Gasteiger partial charge in [-0.25, -0.2) is 0 Å². The highest BCUT2D eigenvalue weighted by Gasteiger charge is 2.26. The average Bonchev–Trinajstić information content (AvgIpc) is 2.38. The lowest BCUT2D eigenvalue weighted by Crippen LogP contribution is -2.42. The first-order valence-corrected chi connectivity index (χ1v) is 8.04. The van der Waals surface area contributed by atoms with Gasteiger partial charge in [0, 0.05) is 6.04 Å². The van der Waals surface area contributed by atoms with Gasteiger partial charge in [-0.2, -0.15) is 0 Å². The minimum absolute atomic E-state index is 0.836. The third-order valence-corrected chi connectivity index (χ3v) is 5.36. The van der Waals surface area contributed by atoms with Crippen LogP contribution in [0.4, 0.5) is 0 Å². The van der Waals surface area contributed by atoms with Crippen LogP contribution in [0, 0.1) is 17.8 Å². The Morgan fingerprint density at radius 2 is 1.53 bits per heavy atom. The summed E-state index contributed by atoms with van der Waals surface area (Å²) in [5, 5.41) is 3.92. The third-order valence-electron chi connectivity index (χ3n) is 5.36. The van der Waals surface area contributed by atoms with Gasteiger partial charge in [0.2, 0.25) is 0 Å². The SMILES string of the molecule is CCC1CCCCC1NCC1CCCCC1C. The Labute approximate surface area is 108 Å². The van der Waals surface area contributed by atoms with Crippen molar-refractivity contribution in [3.8, 4) is 0 Å². The molecule has 2 aliphatic rings. The molecule has 2 aliphatic carbocycles. The monoisotopic (exact) mass is 237 g/mol. The molecular formula is C16H31N. The van der Waals surface area contributed by atoms with Crippen molar-refractivity contribution in [1.29, 1.82) is 0 Å². The summed E-state index contributed by atoms with van der Waals surface area (Å²) in [7, 11) is 0. The summed E-state index contributed by atoms with van der Waals surface area (Å²) in [4.78, 5) is 0. The van der Waals surface area contributed by atoms with E-state index in [2.05, 4.69) is 19.2 Å². The van der Waals surface area contributed by atoms with E-state index in [0.717, 1.165) is 23.8 Å². The Morgan fingerprint density at radius 3 is 2.24 bits per heavy atom. The minimum Gasteiger partial charge on any atom is -0.313 e. The van der Waals surface area contributed by atoms with Gasteiger partial charge in [-0.1, -0.05) is 52.4 Å². The molecule has 4 unspecified atom stereocenters. The zero-order chi connectivity index (χ0) is 12.1. The summed E-state index contributed by atoms with van der Waals surface area (Å²) in [6.07, 6.45) is 13.1. The van der Waals surface area contributed by atoms with Crippen LogP contribution in [0.5, 0.6) is 0 Å². The molecule has 0 bridgehead atoms. The molecule has 100 valence electrons. The maximum Gasteiger partial charge on any atom is 0.00953 e. The van der Waals surface area contributed by atoms with Crippen LogP contribution in [0.3, 0.4) is 0 Å². The van der Waals surface area contributed by atoms with Crippen LogP contribution in [0.25, 0.3) is 0 Å². The molecule has 4 atom stereocenters. The van der Waals surface area contributed by atoms with Crippen molar-refractivity contribution < 1.29 is 0 Å². The van der Waals surface area contributed by atoms with Crippen molar-refractivity contribution in [3.05, 3.63) is 0 Å². The third kappa shape index (κ3) is 3.71. The van der Waals surface area contributed by atoms with E-state index >= 15 is 0 Å². The van der Waals surface area contributed by atoms with Crippen molar-refractivity contribution >= 4 is 0 Å². The van der Waals surface area contributed by atoms with E-state index in [-0.39, 0.29) is 0 Å². The number of rotatable bonds is 4. The van der Waals surface area contributed by atoms with Gasteiger partial charge < -0.3 is 5.32 Å². The summed E-state index contributed by atoms with van der Waals surface area (Å²) in [5.41, 5.74) is 0. The fourth-order valence-electron chi connectivity index (χ4n) is 3.96. The standard InChI is InChI=1S/C16H31N/c1-3-14-9-6-7-11-16(14)17-12-15-10-5-4-8-13(15)2/h13-17H,3-12H2,1-2H3. The molecule has 1 N–H and O–H groups in total. The van der Waals surface area contributed by atoms with Crippen LogP contribution in [0.15, 0.2) is 0 Å². The lowest BCUT2D eigenvalue weighted by atomic mass is 9.79. The topological polar surface area (TPSA) is 12.0 Å². The van der Waals surface area contributed by atoms with Crippen molar-refractivity contribution in [3.63, 3.8) is 0 Å². The summed E-state index contributed by atoms with van der Waals surface area (Å²) < 4.78 is 0. The molecule has 2 rings (SSSR count). The quantitative estimate of drug-likeness (QED) is 0.765. The molecule has 2 fully saturated rings. The summed E-state index contributed by atoms with van der Waals surface area (Å²) in [6.45, 7) is 6.12. The molecule has 0 aromatic carbocycles. The molecular weight excluding hydrogens is 206 g/mol. The normalized spacial score (nSPS) is 39.2. The maximum atomic E-state index is 3.92. The summed E-state index contributed by atoms with van der Waals surface area (Å²) in [5.74, 6) is 2.88. The molecule has 0 aromatic rings. The van der Waals surface area contributed by atoms with Crippen molar-refractivity contribution in [2.75, 3.05) is 6.54 Å². The number of hydrogen-bond acceptors (Lipinski definition) is 1. The van der Waals surface area contributed by atoms with E-state index in [4.69, 9.17) is 0 Å². The maximum absolute atomic E-state index is 3.92. The van der Waals surface area contributed by atoms with Crippen LogP contribution in [0.2, 0.25) is 0 Å². The Morgan fingerprint density at radius 1 is 0.882 bits per heavy atom. The molecule has 0 saturated heterocycles.